The molecule has 5 nitrogen and oxygen atoms in total. The molecule has 0 aromatic heterocycles. The molecule has 1 aliphatic heterocycles. The molecular formula is C15H27NO4. The van der Waals surface area contributed by atoms with Gasteiger partial charge in [0.25, 0.3) is 0 Å². The summed E-state index contributed by atoms with van der Waals surface area (Å²) in [6.07, 6.45) is 1.53. The molecule has 0 aromatic carbocycles. The van der Waals surface area contributed by atoms with Gasteiger partial charge in [-0.05, 0) is 48.0 Å². The molecule has 1 N–H and O–H groups in total. The van der Waals surface area contributed by atoms with Gasteiger partial charge in [0, 0.05) is 0 Å². The van der Waals surface area contributed by atoms with Gasteiger partial charge in [-0.1, -0.05) is 6.08 Å². The third-order valence-electron chi connectivity index (χ3n) is 3.35. The Bertz CT molecular complexity index is 382. The van der Waals surface area contributed by atoms with Crippen LogP contribution in [0.4, 0.5) is 4.79 Å². The summed E-state index contributed by atoms with van der Waals surface area (Å²) >= 11 is 0. The Labute approximate surface area is 121 Å². The molecule has 0 aromatic rings. The topological polar surface area (TPSA) is 59.0 Å². The highest BCUT2D eigenvalue weighted by Gasteiger charge is 2.51. The van der Waals surface area contributed by atoms with E-state index < -0.39 is 29.1 Å². The lowest BCUT2D eigenvalue weighted by Crippen LogP contribution is -2.57. The van der Waals surface area contributed by atoms with Crippen LogP contribution in [0.15, 0.2) is 12.7 Å². The van der Waals surface area contributed by atoms with E-state index >= 15 is 0 Å². The smallest absolute Gasteiger partial charge is 0.413 e. The molecule has 0 aliphatic carbocycles. The number of nitrogens with zero attached hydrogens (tertiary/aromatic N) is 1. The van der Waals surface area contributed by atoms with E-state index in [4.69, 9.17) is 9.47 Å². The van der Waals surface area contributed by atoms with Crippen molar-refractivity contribution in [3.05, 3.63) is 12.7 Å². The monoisotopic (exact) mass is 285 g/mol. The molecule has 1 unspecified atom stereocenters. The van der Waals surface area contributed by atoms with Crippen LogP contribution < -0.4 is 0 Å². The zero-order valence-corrected chi connectivity index (χ0v) is 13.4. The van der Waals surface area contributed by atoms with Crippen LogP contribution in [0.5, 0.6) is 0 Å². The molecule has 1 saturated heterocycles. The molecule has 0 bridgehead atoms. The molecule has 116 valence electrons. The molecule has 2 atom stereocenters. The van der Waals surface area contributed by atoms with Gasteiger partial charge >= 0.3 is 6.09 Å². The van der Waals surface area contributed by atoms with Crippen LogP contribution in [-0.4, -0.2) is 45.7 Å². The normalized spacial score (nSPS) is 25.1. The zero-order chi connectivity index (χ0) is 15.8. The highest BCUT2D eigenvalue weighted by Crippen LogP contribution is 2.35. The molecule has 1 heterocycles. The summed E-state index contributed by atoms with van der Waals surface area (Å²) < 4.78 is 11.1. The molecule has 1 rings (SSSR count). The van der Waals surface area contributed by atoms with Gasteiger partial charge in [0.15, 0.2) is 0 Å². The maximum atomic E-state index is 12.4. The summed E-state index contributed by atoms with van der Waals surface area (Å²) in [4.78, 5) is 13.9. The lowest BCUT2D eigenvalue weighted by atomic mass is 9.92. The van der Waals surface area contributed by atoms with E-state index in [0.717, 1.165) is 0 Å². The number of aliphatic hydroxyl groups is 1. The van der Waals surface area contributed by atoms with Crippen LogP contribution in [0.3, 0.4) is 0 Å². The van der Waals surface area contributed by atoms with E-state index in [-0.39, 0.29) is 6.61 Å². The van der Waals surface area contributed by atoms with Crippen LogP contribution in [0, 0.1) is 0 Å². The minimum Gasteiger partial charge on any atom is -0.444 e. The second kappa shape index (κ2) is 5.37. The van der Waals surface area contributed by atoms with E-state index in [1.165, 1.54) is 4.90 Å². The summed E-state index contributed by atoms with van der Waals surface area (Å²) in [6, 6.07) is -0.467. The van der Waals surface area contributed by atoms with Crippen molar-refractivity contribution < 1.29 is 19.4 Å². The molecule has 1 fully saturated rings. The zero-order valence-electron chi connectivity index (χ0n) is 13.4. The molecule has 20 heavy (non-hydrogen) atoms. The molecule has 0 radical (unpaired) electrons. The predicted molar refractivity (Wildman–Crippen MR) is 77.3 cm³/mol. The van der Waals surface area contributed by atoms with Crippen molar-refractivity contribution in [1.82, 2.24) is 4.90 Å². The summed E-state index contributed by atoms with van der Waals surface area (Å²) in [5.74, 6) is 0. The van der Waals surface area contributed by atoms with Crippen LogP contribution in [0.1, 0.15) is 48.0 Å². The molecule has 0 saturated carbocycles. The molecular weight excluding hydrogens is 258 g/mol. The van der Waals surface area contributed by atoms with Gasteiger partial charge in [-0.2, -0.15) is 0 Å². The first-order chi connectivity index (χ1) is 8.91. The number of rotatable bonds is 3. The largest absolute Gasteiger partial charge is 0.444 e. The number of amides is 1. The summed E-state index contributed by atoms with van der Waals surface area (Å²) in [7, 11) is 0. The van der Waals surface area contributed by atoms with Crippen LogP contribution in [0.25, 0.3) is 0 Å². The lowest BCUT2D eigenvalue weighted by molar-refractivity contribution is -0.0781. The Morgan fingerprint density at radius 1 is 1.50 bits per heavy atom. The number of hydrogen-bond acceptors (Lipinski definition) is 4. The highest BCUT2D eigenvalue weighted by molar-refractivity contribution is 5.70. The number of carbonyl (C=O) groups is 1. The van der Waals surface area contributed by atoms with E-state index in [0.29, 0.717) is 6.42 Å². The van der Waals surface area contributed by atoms with Crippen molar-refractivity contribution in [1.29, 1.82) is 0 Å². The third-order valence-corrected chi connectivity index (χ3v) is 3.35. The average Bonchev–Trinajstić information content (AvgIpc) is 2.51. The number of carbonyl (C=O) groups excluding carboxylic acids is 1. The fourth-order valence-electron chi connectivity index (χ4n) is 2.35. The second-order valence-electron chi connectivity index (χ2n) is 6.97. The average molecular weight is 285 g/mol. The van der Waals surface area contributed by atoms with Crippen LogP contribution in [0.2, 0.25) is 0 Å². The maximum Gasteiger partial charge on any atom is 0.413 e. The summed E-state index contributed by atoms with van der Waals surface area (Å²) in [5, 5.41) is 10.6. The van der Waals surface area contributed by atoms with Gasteiger partial charge in [0.2, 0.25) is 0 Å². The summed E-state index contributed by atoms with van der Waals surface area (Å²) in [6.45, 7) is 14.6. The standard InChI is InChI=1S/C15H27NO4/c1-8-9-15(7,18)11-10-19-14(5,6)16(11)12(17)20-13(2,3)4/h8,11,18H,1,9-10H2,2-7H3/t11-,15?/m0/s1. The first-order valence-corrected chi connectivity index (χ1v) is 6.90. The SMILES string of the molecule is C=CCC(C)(O)[C@@H]1COC(C)(C)N1C(=O)OC(C)(C)C. The maximum absolute atomic E-state index is 12.4. The van der Waals surface area contributed by atoms with Crippen molar-refractivity contribution in [2.24, 2.45) is 0 Å². The van der Waals surface area contributed by atoms with Gasteiger partial charge in [-0.25, -0.2) is 4.79 Å². The van der Waals surface area contributed by atoms with Crippen molar-refractivity contribution in [3.8, 4) is 0 Å². The van der Waals surface area contributed by atoms with Crippen molar-refractivity contribution in [3.63, 3.8) is 0 Å². The minimum absolute atomic E-state index is 0.271. The van der Waals surface area contributed by atoms with E-state index in [2.05, 4.69) is 6.58 Å². The first-order valence-electron chi connectivity index (χ1n) is 6.90. The highest BCUT2D eigenvalue weighted by atomic mass is 16.6. The van der Waals surface area contributed by atoms with Gasteiger partial charge in [-0.3, -0.25) is 4.90 Å². The summed E-state index contributed by atoms with van der Waals surface area (Å²) in [5.41, 5.74) is -2.50. The minimum atomic E-state index is -1.10. The first kappa shape index (κ1) is 17.0. The van der Waals surface area contributed by atoms with Crippen molar-refractivity contribution >= 4 is 6.09 Å². The van der Waals surface area contributed by atoms with Crippen LogP contribution >= 0.6 is 0 Å². The van der Waals surface area contributed by atoms with Crippen molar-refractivity contribution in [2.45, 2.75) is 70.9 Å². The van der Waals surface area contributed by atoms with Gasteiger partial charge in [0.05, 0.1) is 18.2 Å². The Balaban J connectivity index is 3.02. The Hall–Kier alpha value is -1.07. The quantitative estimate of drug-likeness (QED) is 0.810. The predicted octanol–water partition coefficient (Wildman–Crippen LogP) is 2.69. The number of ether oxygens (including phenoxy) is 2. The van der Waals surface area contributed by atoms with E-state index in [9.17, 15) is 9.90 Å². The number of hydrogen-bond donors (Lipinski definition) is 1. The Morgan fingerprint density at radius 3 is 2.50 bits per heavy atom. The van der Waals surface area contributed by atoms with Gasteiger partial charge < -0.3 is 14.6 Å². The Morgan fingerprint density at radius 2 is 2.05 bits per heavy atom. The Kier molecular flexibility index (Phi) is 4.56. The second-order valence-corrected chi connectivity index (χ2v) is 6.97. The lowest BCUT2D eigenvalue weighted by Gasteiger charge is -2.40. The molecule has 5 heteroatoms. The van der Waals surface area contributed by atoms with Gasteiger partial charge in [-0.15, -0.1) is 6.58 Å². The van der Waals surface area contributed by atoms with Gasteiger partial charge in [0.1, 0.15) is 11.3 Å². The fourth-order valence-corrected chi connectivity index (χ4v) is 2.35. The van der Waals surface area contributed by atoms with E-state index in [1.54, 1.807) is 26.8 Å². The third kappa shape index (κ3) is 3.73. The van der Waals surface area contributed by atoms with Crippen molar-refractivity contribution in [2.75, 3.05) is 6.61 Å². The van der Waals surface area contributed by atoms with Crippen LogP contribution in [-0.2, 0) is 9.47 Å². The molecule has 1 aliphatic rings. The molecule has 1 amide bonds. The van der Waals surface area contributed by atoms with E-state index in [1.807, 2.05) is 20.8 Å². The molecule has 0 spiro atoms. The fraction of sp³-hybridized carbons (Fsp3) is 0.800.